The van der Waals surface area contributed by atoms with Crippen molar-refractivity contribution in [2.75, 3.05) is 7.11 Å². The molecule has 0 spiro atoms. The molecule has 26 heavy (non-hydrogen) atoms. The quantitative estimate of drug-likeness (QED) is 0.459. The molecule has 3 rings (SSSR count). The molecule has 0 unspecified atom stereocenters. The maximum atomic E-state index is 10.3. The summed E-state index contributed by atoms with van der Waals surface area (Å²) in [7, 11) is 1.42. The van der Waals surface area contributed by atoms with Crippen LogP contribution in [0.1, 0.15) is 22.6 Å². The van der Waals surface area contributed by atoms with Crippen molar-refractivity contribution in [1.29, 1.82) is 0 Å². The summed E-state index contributed by atoms with van der Waals surface area (Å²) in [6.45, 7) is 0. The molecule has 0 saturated heterocycles. The Kier molecular flexibility index (Phi) is 4.49. The fraction of sp³-hybridized carbons (Fsp3) is 0.100. The predicted molar refractivity (Wildman–Crippen MR) is 95.1 cm³/mol. The average Bonchev–Trinajstić information content (AvgIpc) is 2.59. The minimum atomic E-state index is -0.634. The van der Waals surface area contributed by atoms with Crippen LogP contribution in [-0.4, -0.2) is 32.6 Å². The molecule has 0 radical (unpaired) electrons. The Balaban J connectivity index is 2.25. The summed E-state index contributed by atoms with van der Waals surface area (Å²) in [6.07, 6.45) is 0. The Bertz CT molecular complexity index is 900. The minimum Gasteiger partial charge on any atom is -0.508 e. The number of aromatic hydroxyl groups is 5. The number of methoxy groups -OCH3 is 1. The second-order valence-electron chi connectivity index (χ2n) is 5.85. The van der Waals surface area contributed by atoms with Crippen LogP contribution in [-0.2, 0) is 0 Å². The van der Waals surface area contributed by atoms with E-state index in [-0.39, 0.29) is 34.5 Å². The van der Waals surface area contributed by atoms with E-state index in [2.05, 4.69) is 0 Å². The van der Waals surface area contributed by atoms with Gasteiger partial charge in [-0.05, 0) is 29.8 Å². The summed E-state index contributed by atoms with van der Waals surface area (Å²) < 4.78 is 5.15. The minimum absolute atomic E-state index is 0.0418. The van der Waals surface area contributed by atoms with Gasteiger partial charge in [0.15, 0.2) is 11.5 Å². The zero-order chi connectivity index (χ0) is 18.8. The van der Waals surface area contributed by atoms with Crippen molar-refractivity contribution in [3.05, 3.63) is 71.3 Å². The standard InChI is InChI=1S/C20H18O6/c1-26-19-8-11(2-7-16(19)23)20(14-5-3-12(21)9-17(14)24)15-6-4-13(22)10-18(15)25/h2-10,20-25H,1H3. The maximum Gasteiger partial charge on any atom is 0.160 e. The second-order valence-corrected chi connectivity index (χ2v) is 5.85. The Hall–Kier alpha value is -3.54. The molecule has 134 valence electrons. The molecule has 0 saturated carbocycles. The molecule has 0 aliphatic carbocycles. The Morgan fingerprint density at radius 1 is 0.654 bits per heavy atom. The number of phenols is 5. The molecule has 6 nitrogen and oxygen atoms in total. The molecule has 0 aromatic heterocycles. The first-order valence-electron chi connectivity index (χ1n) is 7.81. The van der Waals surface area contributed by atoms with Crippen molar-refractivity contribution in [3.8, 4) is 34.5 Å². The van der Waals surface area contributed by atoms with Crippen LogP contribution in [0.3, 0.4) is 0 Å². The van der Waals surface area contributed by atoms with E-state index >= 15 is 0 Å². The van der Waals surface area contributed by atoms with Crippen molar-refractivity contribution in [2.45, 2.75) is 5.92 Å². The van der Waals surface area contributed by atoms with Crippen molar-refractivity contribution in [3.63, 3.8) is 0 Å². The molecular formula is C20H18O6. The van der Waals surface area contributed by atoms with Gasteiger partial charge in [-0.2, -0.15) is 0 Å². The lowest BCUT2D eigenvalue weighted by molar-refractivity contribution is 0.373. The lowest BCUT2D eigenvalue weighted by atomic mass is 9.84. The lowest BCUT2D eigenvalue weighted by Crippen LogP contribution is -2.05. The average molecular weight is 354 g/mol. The zero-order valence-corrected chi connectivity index (χ0v) is 13.9. The van der Waals surface area contributed by atoms with Crippen LogP contribution in [0.5, 0.6) is 34.5 Å². The number of ether oxygens (including phenoxy) is 1. The van der Waals surface area contributed by atoms with E-state index in [0.717, 1.165) is 0 Å². The molecule has 0 bridgehead atoms. The van der Waals surface area contributed by atoms with Crippen LogP contribution < -0.4 is 4.74 Å². The highest BCUT2D eigenvalue weighted by atomic mass is 16.5. The van der Waals surface area contributed by atoms with Gasteiger partial charge in [0.05, 0.1) is 7.11 Å². The van der Waals surface area contributed by atoms with E-state index in [1.54, 1.807) is 24.3 Å². The summed E-state index contributed by atoms with van der Waals surface area (Å²) in [5.74, 6) is -0.940. The van der Waals surface area contributed by atoms with E-state index in [1.807, 2.05) is 0 Å². The fourth-order valence-corrected chi connectivity index (χ4v) is 2.95. The number of phenolic OH excluding ortho intramolecular Hbond substituents is 5. The van der Waals surface area contributed by atoms with Gasteiger partial charge in [-0.1, -0.05) is 18.2 Å². The summed E-state index contributed by atoms with van der Waals surface area (Å²) in [5, 5.41) is 49.7. The van der Waals surface area contributed by atoms with Crippen molar-refractivity contribution >= 4 is 0 Å². The van der Waals surface area contributed by atoms with Gasteiger partial charge >= 0.3 is 0 Å². The zero-order valence-electron chi connectivity index (χ0n) is 13.9. The third-order valence-electron chi connectivity index (χ3n) is 4.19. The molecule has 0 aliphatic heterocycles. The number of hydrogen-bond donors (Lipinski definition) is 5. The first kappa shape index (κ1) is 17.3. The largest absolute Gasteiger partial charge is 0.508 e. The third-order valence-corrected chi connectivity index (χ3v) is 4.19. The molecule has 3 aromatic rings. The van der Waals surface area contributed by atoms with Crippen LogP contribution in [0.2, 0.25) is 0 Å². The van der Waals surface area contributed by atoms with Crippen molar-refractivity contribution in [2.24, 2.45) is 0 Å². The number of rotatable bonds is 4. The number of hydrogen-bond acceptors (Lipinski definition) is 6. The normalized spacial score (nSPS) is 10.8. The van der Waals surface area contributed by atoms with Gasteiger partial charge in [-0.15, -0.1) is 0 Å². The van der Waals surface area contributed by atoms with Gasteiger partial charge in [-0.25, -0.2) is 0 Å². The SMILES string of the molecule is COc1cc(C(c2ccc(O)cc2O)c2ccc(O)cc2O)ccc1O. The van der Waals surface area contributed by atoms with Crippen LogP contribution in [0.4, 0.5) is 0 Å². The Labute approximate surface area is 149 Å². The summed E-state index contributed by atoms with van der Waals surface area (Å²) >= 11 is 0. The topological polar surface area (TPSA) is 110 Å². The predicted octanol–water partition coefficient (Wildman–Crippen LogP) is 3.40. The van der Waals surface area contributed by atoms with Crippen LogP contribution in [0.25, 0.3) is 0 Å². The summed E-state index contributed by atoms with van der Waals surface area (Å²) in [5.41, 5.74) is 1.48. The van der Waals surface area contributed by atoms with Gasteiger partial charge in [-0.3, -0.25) is 0 Å². The second kappa shape index (κ2) is 6.76. The molecule has 0 fully saturated rings. The molecule has 0 aliphatic rings. The lowest BCUT2D eigenvalue weighted by Gasteiger charge is -2.22. The summed E-state index contributed by atoms with van der Waals surface area (Å²) in [6, 6.07) is 13.0. The smallest absolute Gasteiger partial charge is 0.160 e. The molecule has 0 amide bonds. The molecule has 6 heteroatoms. The van der Waals surface area contributed by atoms with Gasteiger partial charge < -0.3 is 30.3 Å². The molecule has 5 N–H and O–H groups in total. The fourth-order valence-electron chi connectivity index (χ4n) is 2.95. The molecule has 3 aromatic carbocycles. The highest BCUT2D eigenvalue weighted by molar-refractivity contribution is 5.57. The number of benzene rings is 3. The van der Waals surface area contributed by atoms with Gasteiger partial charge in [0.2, 0.25) is 0 Å². The van der Waals surface area contributed by atoms with E-state index in [1.165, 1.54) is 37.4 Å². The van der Waals surface area contributed by atoms with Gasteiger partial charge in [0.1, 0.15) is 23.0 Å². The molecule has 0 heterocycles. The highest BCUT2D eigenvalue weighted by Gasteiger charge is 2.24. The highest BCUT2D eigenvalue weighted by Crippen LogP contribution is 2.43. The monoisotopic (exact) mass is 354 g/mol. The Morgan fingerprint density at radius 2 is 1.19 bits per heavy atom. The van der Waals surface area contributed by atoms with Gasteiger partial charge in [0.25, 0.3) is 0 Å². The van der Waals surface area contributed by atoms with Crippen molar-refractivity contribution in [1.82, 2.24) is 0 Å². The van der Waals surface area contributed by atoms with Crippen molar-refractivity contribution < 1.29 is 30.3 Å². The van der Waals surface area contributed by atoms with E-state index in [4.69, 9.17) is 4.74 Å². The maximum absolute atomic E-state index is 10.3. The molecular weight excluding hydrogens is 336 g/mol. The van der Waals surface area contributed by atoms with Crippen LogP contribution in [0, 0.1) is 0 Å². The van der Waals surface area contributed by atoms with E-state index in [9.17, 15) is 25.5 Å². The van der Waals surface area contributed by atoms with E-state index in [0.29, 0.717) is 16.7 Å². The van der Waals surface area contributed by atoms with Gasteiger partial charge in [0, 0.05) is 29.2 Å². The molecule has 0 atom stereocenters. The van der Waals surface area contributed by atoms with E-state index < -0.39 is 5.92 Å². The van der Waals surface area contributed by atoms with Crippen LogP contribution in [0.15, 0.2) is 54.6 Å². The third kappa shape index (κ3) is 3.17. The first-order valence-corrected chi connectivity index (χ1v) is 7.81. The summed E-state index contributed by atoms with van der Waals surface area (Å²) in [4.78, 5) is 0. The van der Waals surface area contributed by atoms with Crippen LogP contribution >= 0.6 is 0 Å². The Morgan fingerprint density at radius 3 is 1.65 bits per heavy atom. The first-order chi connectivity index (χ1) is 12.4.